The van der Waals surface area contributed by atoms with Crippen LogP contribution in [-0.2, 0) is 11.3 Å². The van der Waals surface area contributed by atoms with E-state index in [-0.39, 0.29) is 23.9 Å². The summed E-state index contributed by atoms with van der Waals surface area (Å²) in [6, 6.07) is 0. The van der Waals surface area contributed by atoms with E-state index in [2.05, 4.69) is 23.9 Å². The molecule has 6 heteroatoms. The number of nitrogens with zero attached hydrogens (tertiary/aromatic N) is 4. The van der Waals surface area contributed by atoms with Crippen LogP contribution in [-0.4, -0.2) is 37.7 Å². The predicted octanol–water partition coefficient (Wildman–Crippen LogP) is 0.261. The van der Waals surface area contributed by atoms with Crippen LogP contribution in [0.4, 0.5) is 5.95 Å². The third-order valence-electron chi connectivity index (χ3n) is 3.05. The normalized spacial score (nSPS) is 19.0. The maximum Gasteiger partial charge on any atom is 0.244 e. The Labute approximate surface area is 94.4 Å². The minimum absolute atomic E-state index is 0.0385. The zero-order valence-electron chi connectivity index (χ0n) is 9.68. The van der Waals surface area contributed by atoms with Gasteiger partial charge in [0.15, 0.2) is 0 Å². The summed E-state index contributed by atoms with van der Waals surface area (Å²) in [5.74, 6) is 0.279. The minimum atomic E-state index is -0.0385. The van der Waals surface area contributed by atoms with Crippen LogP contribution in [0.5, 0.6) is 0 Å². The van der Waals surface area contributed by atoms with Gasteiger partial charge in [0.25, 0.3) is 0 Å². The van der Waals surface area contributed by atoms with E-state index in [4.69, 9.17) is 5.73 Å². The molecule has 0 unspecified atom stereocenters. The van der Waals surface area contributed by atoms with Crippen LogP contribution in [0.1, 0.15) is 26.7 Å². The molecule has 0 bridgehead atoms. The van der Waals surface area contributed by atoms with Crippen molar-refractivity contribution in [2.45, 2.75) is 38.8 Å². The molecule has 1 aromatic heterocycles. The number of anilines is 1. The van der Waals surface area contributed by atoms with Gasteiger partial charge in [-0.1, -0.05) is 0 Å². The first-order valence-corrected chi connectivity index (χ1v) is 5.44. The fraction of sp³-hybridized carbons (Fsp3) is 0.700. The molecule has 16 heavy (non-hydrogen) atoms. The van der Waals surface area contributed by atoms with Crippen molar-refractivity contribution in [2.24, 2.45) is 0 Å². The number of amides is 1. The van der Waals surface area contributed by atoms with Crippen molar-refractivity contribution >= 4 is 11.9 Å². The van der Waals surface area contributed by atoms with Crippen LogP contribution >= 0.6 is 0 Å². The third kappa shape index (κ3) is 2.00. The molecule has 0 aromatic carbocycles. The van der Waals surface area contributed by atoms with Gasteiger partial charge in [0.1, 0.15) is 12.9 Å². The number of hydrogen-bond donors (Lipinski definition) is 1. The van der Waals surface area contributed by atoms with E-state index >= 15 is 0 Å². The first-order valence-electron chi connectivity index (χ1n) is 5.44. The minimum Gasteiger partial charge on any atom is -0.367 e. The van der Waals surface area contributed by atoms with E-state index in [9.17, 15) is 4.79 Å². The highest BCUT2D eigenvalue weighted by Crippen LogP contribution is 2.28. The summed E-state index contributed by atoms with van der Waals surface area (Å²) in [7, 11) is 0. The molecule has 0 radical (unpaired) electrons. The zero-order valence-corrected chi connectivity index (χ0v) is 9.68. The Kier molecular flexibility index (Phi) is 2.57. The average molecular weight is 223 g/mol. The Bertz CT molecular complexity index is 398. The number of hydrogen-bond acceptors (Lipinski definition) is 4. The van der Waals surface area contributed by atoms with Crippen LogP contribution in [0, 0.1) is 0 Å². The summed E-state index contributed by atoms with van der Waals surface area (Å²) >= 11 is 0. The first-order chi connectivity index (χ1) is 7.49. The molecule has 1 amide bonds. The molecule has 1 aliphatic rings. The van der Waals surface area contributed by atoms with Crippen LogP contribution in [0.3, 0.4) is 0 Å². The van der Waals surface area contributed by atoms with Crippen molar-refractivity contribution in [3.8, 4) is 0 Å². The lowest BCUT2D eigenvalue weighted by Crippen LogP contribution is -2.44. The molecule has 1 aliphatic heterocycles. The van der Waals surface area contributed by atoms with Crippen molar-refractivity contribution in [1.82, 2.24) is 19.7 Å². The van der Waals surface area contributed by atoms with E-state index in [0.29, 0.717) is 0 Å². The topological polar surface area (TPSA) is 77.0 Å². The number of nitrogen functional groups attached to an aromatic ring is 1. The molecular formula is C10H17N5O. The van der Waals surface area contributed by atoms with Gasteiger partial charge in [-0.15, -0.1) is 5.10 Å². The fourth-order valence-electron chi connectivity index (χ4n) is 2.18. The Morgan fingerprint density at radius 1 is 1.62 bits per heavy atom. The Hall–Kier alpha value is -1.59. The van der Waals surface area contributed by atoms with Crippen molar-refractivity contribution in [2.75, 3.05) is 12.3 Å². The smallest absolute Gasteiger partial charge is 0.244 e. The second-order valence-electron chi connectivity index (χ2n) is 4.76. The van der Waals surface area contributed by atoms with Crippen molar-refractivity contribution in [3.05, 3.63) is 6.33 Å². The second kappa shape index (κ2) is 3.77. The number of carbonyl (C=O) groups is 1. The molecule has 1 fully saturated rings. The maximum absolute atomic E-state index is 12.0. The SMILES string of the molecule is CC1(C)CCCN1C(=O)Cn1cnc(N)n1. The van der Waals surface area contributed by atoms with Crippen LogP contribution in [0.2, 0.25) is 0 Å². The Morgan fingerprint density at radius 3 is 2.88 bits per heavy atom. The van der Waals surface area contributed by atoms with Gasteiger partial charge in [-0.3, -0.25) is 4.79 Å². The highest BCUT2D eigenvalue weighted by atomic mass is 16.2. The van der Waals surface area contributed by atoms with E-state index in [0.717, 1.165) is 19.4 Å². The van der Waals surface area contributed by atoms with Gasteiger partial charge in [0.05, 0.1) is 0 Å². The highest BCUT2D eigenvalue weighted by Gasteiger charge is 2.35. The largest absolute Gasteiger partial charge is 0.367 e. The van der Waals surface area contributed by atoms with E-state index in [1.807, 2.05) is 4.90 Å². The standard InChI is InChI=1S/C10H17N5O/c1-10(2)4-3-5-15(10)8(16)6-14-7-12-9(11)13-14/h7H,3-6H2,1-2H3,(H2,11,13). The van der Waals surface area contributed by atoms with Gasteiger partial charge >= 0.3 is 0 Å². The molecule has 1 saturated heterocycles. The van der Waals surface area contributed by atoms with Crippen LogP contribution in [0.25, 0.3) is 0 Å². The van der Waals surface area contributed by atoms with E-state index in [1.165, 1.54) is 11.0 Å². The summed E-state index contributed by atoms with van der Waals surface area (Å²) < 4.78 is 1.48. The molecule has 0 spiro atoms. The van der Waals surface area contributed by atoms with Crippen molar-refractivity contribution in [3.63, 3.8) is 0 Å². The maximum atomic E-state index is 12.0. The number of likely N-dealkylation sites (tertiary alicyclic amines) is 1. The summed E-state index contributed by atoms with van der Waals surface area (Å²) in [5.41, 5.74) is 5.35. The van der Waals surface area contributed by atoms with Crippen LogP contribution < -0.4 is 5.73 Å². The Balaban J connectivity index is 2.03. The third-order valence-corrected chi connectivity index (χ3v) is 3.05. The number of carbonyl (C=O) groups excluding carboxylic acids is 1. The molecule has 0 saturated carbocycles. The van der Waals surface area contributed by atoms with Gasteiger partial charge in [0.2, 0.25) is 11.9 Å². The van der Waals surface area contributed by atoms with Gasteiger partial charge in [-0.2, -0.15) is 0 Å². The molecule has 0 atom stereocenters. The average Bonchev–Trinajstić information content (AvgIpc) is 2.72. The van der Waals surface area contributed by atoms with Gasteiger partial charge in [-0.25, -0.2) is 9.67 Å². The second-order valence-corrected chi connectivity index (χ2v) is 4.76. The van der Waals surface area contributed by atoms with Gasteiger partial charge in [-0.05, 0) is 26.7 Å². The summed E-state index contributed by atoms with van der Waals surface area (Å²) in [6.45, 7) is 5.23. The van der Waals surface area contributed by atoms with Crippen molar-refractivity contribution in [1.29, 1.82) is 0 Å². The quantitative estimate of drug-likeness (QED) is 0.780. The summed E-state index contributed by atoms with van der Waals surface area (Å²) in [4.78, 5) is 17.7. The molecule has 2 N–H and O–H groups in total. The van der Waals surface area contributed by atoms with Gasteiger partial charge < -0.3 is 10.6 Å². The summed E-state index contributed by atoms with van der Waals surface area (Å²) in [6.07, 6.45) is 3.60. The lowest BCUT2D eigenvalue weighted by molar-refractivity contribution is -0.135. The molecule has 2 rings (SSSR count). The highest BCUT2D eigenvalue weighted by molar-refractivity contribution is 5.77. The first kappa shape index (κ1) is 10.9. The Morgan fingerprint density at radius 2 is 2.38 bits per heavy atom. The summed E-state index contributed by atoms with van der Waals surface area (Å²) in [5, 5.41) is 3.91. The number of nitrogens with two attached hydrogens (primary N) is 1. The fourth-order valence-corrected chi connectivity index (χ4v) is 2.18. The molecule has 2 heterocycles. The van der Waals surface area contributed by atoms with E-state index < -0.39 is 0 Å². The zero-order chi connectivity index (χ0) is 11.8. The monoisotopic (exact) mass is 223 g/mol. The number of rotatable bonds is 2. The van der Waals surface area contributed by atoms with Gasteiger partial charge in [0, 0.05) is 12.1 Å². The molecule has 0 aliphatic carbocycles. The lowest BCUT2D eigenvalue weighted by atomic mass is 10.0. The lowest BCUT2D eigenvalue weighted by Gasteiger charge is -2.31. The molecular weight excluding hydrogens is 206 g/mol. The van der Waals surface area contributed by atoms with E-state index in [1.54, 1.807) is 0 Å². The molecule has 88 valence electrons. The predicted molar refractivity (Wildman–Crippen MR) is 59.5 cm³/mol. The van der Waals surface area contributed by atoms with Crippen molar-refractivity contribution < 1.29 is 4.79 Å². The molecule has 6 nitrogen and oxygen atoms in total. The van der Waals surface area contributed by atoms with Crippen LogP contribution in [0.15, 0.2) is 6.33 Å². The molecule has 1 aromatic rings. The number of aromatic nitrogens is 3.